The van der Waals surface area contributed by atoms with Crippen LogP contribution in [0, 0.1) is 0 Å². The fourth-order valence-electron chi connectivity index (χ4n) is 5.32. The van der Waals surface area contributed by atoms with E-state index in [1.54, 1.807) is 66.7 Å². The number of carboxylic acids is 2. The molecule has 2 amide bonds. The fourth-order valence-corrected chi connectivity index (χ4v) is 5.32. The number of aromatic nitrogens is 1. The number of rotatable bonds is 11. The van der Waals surface area contributed by atoms with E-state index in [9.17, 15) is 29.4 Å². The maximum atomic E-state index is 12.7. The second-order valence-corrected chi connectivity index (χ2v) is 12.0. The summed E-state index contributed by atoms with van der Waals surface area (Å²) in [5, 5.41) is 24.1. The van der Waals surface area contributed by atoms with Gasteiger partial charge in [0.15, 0.2) is 0 Å². The number of nitrogens with two attached hydrogens (primary N) is 1. The van der Waals surface area contributed by atoms with Crippen LogP contribution in [0.15, 0.2) is 170 Å². The summed E-state index contributed by atoms with van der Waals surface area (Å²) in [5.74, 6) is -1.09. The van der Waals surface area contributed by atoms with Gasteiger partial charge in [0.1, 0.15) is 23.0 Å². The number of hydrogen-bond acceptors (Lipinski definition) is 7. The Morgan fingerprint density at radius 3 is 1.30 bits per heavy atom. The number of carbonyl (C=O) groups excluding carboxylic acids is 2. The maximum Gasteiger partial charge on any atom is 0.337 e. The Hall–Kier alpha value is -8.12. The lowest BCUT2D eigenvalue weighted by atomic mass is 10.1. The molecule has 0 bridgehead atoms. The number of aromatic carboxylic acids is 2. The van der Waals surface area contributed by atoms with Crippen molar-refractivity contribution in [2.45, 2.75) is 0 Å². The molecule has 0 aliphatic rings. The van der Waals surface area contributed by atoms with E-state index >= 15 is 0 Å². The van der Waals surface area contributed by atoms with Gasteiger partial charge in [-0.2, -0.15) is 0 Å². The number of hydrogen-bond donors (Lipinski definition) is 5. The second kappa shape index (κ2) is 17.6. The molecule has 12 nitrogen and oxygen atoms in total. The number of amides is 2. The van der Waals surface area contributed by atoms with Crippen molar-refractivity contribution >= 4 is 40.8 Å². The zero-order valence-corrected chi connectivity index (χ0v) is 29.5. The summed E-state index contributed by atoms with van der Waals surface area (Å²) in [7, 11) is 0. The van der Waals surface area contributed by atoms with Crippen LogP contribution >= 0.6 is 0 Å². The smallest absolute Gasteiger partial charge is 0.337 e. The zero-order chi connectivity index (χ0) is 39.4. The van der Waals surface area contributed by atoms with Crippen LogP contribution in [0.2, 0.25) is 0 Å². The first-order valence-electron chi connectivity index (χ1n) is 17.0. The molecule has 6 N–H and O–H groups in total. The van der Waals surface area contributed by atoms with Crippen molar-refractivity contribution in [3.63, 3.8) is 0 Å². The highest BCUT2D eigenvalue weighted by Crippen LogP contribution is 2.29. The van der Waals surface area contributed by atoms with Crippen LogP contribution in [0.25, 0.3) is 5.69 Å². The van der Waals surface area contributed by atoms with Crippen LogP contribution in [0.5, 0.6) is 23.0 Å². The summed E-state index contributed by atoms with van der Waals surface area (Å²) in [6, 6.07) is 44.2. The molecule has 1 heterocycles. The average molecular weight is 747 g/mol. The van der Waals surface area contributed by atoms with Gasteiger partial charge in [-0.3, -0.25) is 9.59 Å². The van der Waals surface area contributed by atoms with E-state index in [1.165, 1.54) is 30.3 Å². The van der Waals surface area contributed by atoms with Crippen molar-refractivity contribution in [3.8, 4) is 28.7 Å². The predicted octanol–water partition coefficient (Wildman–Crippen LogP) is 9.23. The first kappa shape index (κ1) is 37.6. The van der Waals surface area contributed by atoms with Gasteiger partial charge in [0.2, 0.25) is 0 Å². The van der Waals surface area contributed by atoms with Crippen LogP contribution in [0.4, 0.5) is 17.1 Å². The minimum Gasteiger partial charge on any atom is -0.478 e. The lowest BCUT2D eigenvalue weighted by Crippen LogP contribution is -2.15. The first-order valence-corrected chi connectivity index (χ1v) is 17.0. The second-order valence-electron chi connectivity index (χ2n) is 12.0. The van der Waals surface area contributed by atoms with E-state index in [0.29, 0.717) is 39.8 Å². The molecule has 1 aromatic heterocycles. The van der Waals surface area contributed by atoms with Gasteiger partial charge < -0.3 is 40.6 Å². The molecule has 0 aliphatic heterocycles. The summed E-state index contributed by atoms with van der Waals surface area (Å²) < 4.78 is 13.4. The quantitative estimate of drug-likeness (QED) is 0.0806. The number of ether oxygens (including phenoxy) is 2. The maximum absolute atomic E-state index is 12.7. The van der Waals surface area contributed by atoms with Crippen molar-refractivity contribution < 1.29 is 38.9 Å². The molecule has 0 unspecified atom stereocenters. The highest BCUT2D eigenvalue weighted by molar-refractivity contribution is 6.09. The summed E-state index contributed by atoms with van der Waals surface area (Å²) in [5.41, 5.74) is 8.10. The van der Waals surface area contributed by atoms with Crippen LogP contribution < -0.4 is 25.8 Å². The number of carboxylic acid groups (broad SMARTS) is 2. The van der Waals surface area contributed by atoms with Crippen molar-refractivity contribution in [3.05, 3.63) is 192 Å². The number of nitrogens with zero attached hydrogens (tertiary/aromatic N) is 1. The van der Waals surface area contributed by atoms with Gasteiger partial charge in [0, 0.05) is 47.0 Å². The van der Waals surface area contributed by atoms with Gasteiger partial charge in [-0.15, -0.1) is 0 Å². The average Bonchev–Trinajstić information content (AvgIpc) is 3.75. The Kier molecular flexibility index (Phi) is 11.8. The number of carbonyl (C=O) groups is 4. The van der Waals surface area contributed by atoms with Crippen molar-refractivity contribution in [2.75, 3.05) is 16.4 Å². The van der Waals surface area contributed by atoms with E-state index in [1.807, 2.05) is 77.6 Å². The summed E-state index contributed by atoms with van der Waals surface area (Å²) in [6.07, 6.45) is 3.82. The largest absolute Gasteiger partial charge is 0.478 e. The molecule has 0 atom stereocenters. The van der Waals surface area contributed by atoms with Gasteiger partial charge >= 0.3 is 11.9 Å². The minimum atomic E-state index is -1.15. The van der Waals surface area contributed by atoms with Crippen LogP contribution in [0.3, 0.4) is 0 Å². The molecule has 278 valence electrons. The highest BCUT2D eigenvalue weighted by Gasteiger charge is 2.17. The van der Waals surface area contributed by atoms with Crippen LogP contribution in [-0.2, 0) is 0 Å². The molecule has 12 heteroatoms. The van der Waals surface area contributed by atoms with Gasteiger partial charge in [0.05, 0.1) is 22.5 Å². The number of nitrogens with one attached hydrogen (secondary N) is 2. The summed E-state index contributed by atoms with van der Waals surface area (Å²) >= 11 is 0. The third-order valence-electron chi connectivity index (χ3n) is 8.10. The number of anilines is 3. The summed E-state index contributed by atoms with van der Waals surface area (Å²) in [6.45, 7) is 0. The highest BCUT2D eigenvalue weighted by atomic mass is 16.5. The molecule has 56 heavy (non-hydrogen) atoms. The fraction of sp³-hybridized carbons (Fsp3) is 0. The Balaban J connectivity index is 0.000000192. The SMILES string of the molecule is Nc1ccc(C(=O)Nc2cc(Oc3ccccc3)ccc2C(=O)O)cc1.O=C(Nc1cc(Oc2ccccc2)ccc1C(=O)O)c1ccc(-n2cccc2)cc1. The molecule has 7 aromatic rings. The molecule has 0 radical (unpaired) electrons. The standard InChI is InChI=1S/C24H18N2O4.C20H16N2O4/c27-23(17-8-10-18(11-9-17)26-14-4-5-15-26)25-22-16-20(12-13-21(22)24(28)29)30-19-6-2-1-3-7-19;21-14-8-6-13(7-9-14)19(23)22-18-12-16(10-11-17(18)20(24)25)26-15-4-2-1-3-5-15/h1-16H,(H,25,27)(H,28,29);1-12H,21H2,(H,22,23)(H,24,25). The van der Waals surface area contributed by atoms with Crippen molar-refractivity contribution in [1.29, 1.82) is 0 Å². The number of nitrogen functional groups attached to an aromatic ring is 1. The normalized spacial score (nSPS) is 10.3. The van der Waals surface area contributed by atoms with Crippen LogP contribution in [-0.4, -0.2) is 38.5 Å². The zero-order valence-electron chi connectivity index (χ0n) is 29.5. The molecule has 7 rings (SSSR count). The topological polar surface area (TPSA) is 182 Å². The van der Waals surface area contributed by atoms with Crippen molar-refractivity contribution in [2.24, 2.45) is 0 Å². The third-order valence-corrected chi connectivity index (χ3v) is 8.10. The molecular weight excluding hydrogens is 713 g/mol. The van der Waals surface area contributed by atoms with E-state index in [2.05, 4.69) is 10.6 Å². The number of para-hydroxylation sites is 2. The Morgan fingerprint density at radius 1 is 0.482 bits per heavy atom. The molecular formula is C44H34N4O8. The molecule has 0 aliphatic carbocycles. The molecule has 0 fully saturated rings. The third kappa shape index (κ3) is 9.85. The predicted molar refractivity (Wildman–Crippen MR) is 212 cm³/mol. The lowest BCUT2D eigenvalue weighted by Gasteiger charge is -2.12. The first-order chi connectivity index (χ1) is 27.1. The lowest BCUT2D eigenvalue weighted by molar-refractivity contribution is 0.0687. The number of benzene rings is 6. The van der Waals surface area contributed by atoms with Crippen LogP contribution in [0.1, 0.15) is 41.4 Å². The van der Waals surface area contributed by atoms with Gasteiger partial charge in [0.25, 0.3) is 11.8 Å². The van der Waals surface area contributed by atoms with E-state index < -0.39 is 23.8 Å². The molecule has 0 spiro atoms. The monoisotopic (exact) mass is 746 g/mol. The minimum absolute atomic E-state index is 0.0206. The molecule has 0 saturated carbocycles. The Morgan fingerprint density at radius 2 is 0.893 bits per heavy atom. The van der Waals surface area contributed by atoms with Crippen molar-refractivity contribution in [1.82, 2.24) is 4.57 Å². The Bertz CT molecular complexity index is 2450. The summed E-state index contributed by atoms with van der Waals surface area (Å²) in [4.78, 5) is 48.1. The van der Waals surface area contributed by atoms with Gasteiger partial charge in [-0.25, -0.2) is 9.59 Å². The van der Waals surface area contributed by atoms with E-state index in [4.69, 9.17) is 15.2 Å². The molecule has 6 aromatic carbocycles. The molecule has 0 saturated heterocycles. The van der Waals surface area contributed by atoms with Gasteiger partial charge in [-0.1, -0.05) is 36.4 Å². The Labute approximate surface area is 321 Å². The van der Waals surface area contributed by atoms with E-state index in [0.717, 1.165) is 5.69 Å². The van der Waals surface area contributed by atoms with Gasteiger partial charge in [-0.05, 0) is 109 Å². The van der Waals surface area contributed by atoms with E-state index in [-0.39, 0.29) is 22.5 Å².